The zero-order valence-electron chi connectivity index (χ0n) is 31.2. The number of fused-ring (bicyclic) bond motifs is 1. The van der Waals surface area contributed by atoms with Crippen LogP contribution < -0.4 is 54.4 Å². The van der Waals surface area contributed by atoms with E-state index in [2.05, 4.69) is 54.8 Å². The molecule has 0 aliphatic rings. The summed E-state index contributed by atoms with van der Waals surface area (Å²) in [6, 6.07) is -0.478. The number of carbonyl (C=O) groups excluding carboxylic acids is 9. The molecule has 0 aliphatic carbocycles. The van der Waals surface area contributed by atoms with Crippen molar-refractivity contribution < 1.29 is 53.1 Å². The fourth-order valence-electron chi connectivity index (χ4n) is 5.08. The normalized spacial score (nSPS) is 14.0. The largest absolute Gasteiger partial charge is 0.480 e. The second-order valence-electron chi connectivity index (χ2n) is 12.9. The van der Waals surface area contributed by atoms with Crippen LogP contribution >= 0.6 is 12.6 Å². The summed E-state index contributed by atoms with van der Waals surface area (Å²) in [5.74, 6) is -8.84. The highest BCUT2D eigenvalue weighted by Gasteiger charge is 2.29. The van der Waals surface area contributed by atoms with Gasteiger partial charge < -0.3 is 64.5 Å². The molecular formula is C34H49N11O11S. The molecule has 1 aromatic heterocycles. The number of hydrogen-bond acceptors (Lipinski definition) is 12. The number of aromatic amines is 1. The Bertz CT molecular complexity index is 1820. The van der Waals surface area contributed by atoms with Gasteiger partial charge in [0.1, 0.15) is 30.2 Å². The number of aromatic nitrogens is 1. The van der Waals surface area contributed by atoms with Gasteiger partial charge in [-0.2, -0.15) is 12.6 Å². The van der Waals surface area contributed by atoms with Crippen LogP contribution in [0, 0.1) is 0 Å². The molecule has 0 aliphatic heterocycles. The number of H-pyrrole nitrogens is 1. The van der Waals surface area contributed by atoms with Crippen molar-refractivity contribution in [3.05, 3.63) is 36.0 Å². The molecule has 0 fully saturated rings. The second-order valence-corrected chi connectivity index (χ2v) is 13.3. The van der Waals surface area contributed by atoms with Gasteiger partial charge in [0.05, 0.1) is 19.1 Å². The molecule has 312 valence electrons. The van der Waals surface area contributed by atoms with Crippen molar-refractivity contribution in [2.45, 2.75) is 82.2 Å². The number of rotatable bonds is 24. The summed E-state index contributed by atoms with van der Waals surface area (Å²) in [7, 11) is 0. The number of primary amides is 2. The lowest BCUT2D eigenvalue weighted by Gasteiger charge is -2.22. The number of amides is 9. The number of carbonyl (C=O) groups is 10. The van der Waals surface area contributed by atoms with E-state index in [-0.39, 0.29) is 37.9 Å². The summed E-state index contributed by atoms with van der Waals surface area (Å²) in [4.78, 5) is 127. The van der Waals surface area contributed by atoms with E-state index >= 15 is 0 Å². The van der Waals surface area contributed by atoms with E-state index in [4.69, 9.17) is 17.2 Å². The Hall–Kier alpha value is -6.23. The second kappa shape index (κ2) is 23.0. The van der Waals surface area contributed by atoms with Crippen molar-refractivity contribution in [2.75, 3.05) is 18.8 Å². The molecule has 6 atom stereocenters. The van der Waals surface area contributed by atoms with E-state index in [0.717, 1.165) is 10.9 Å². The molecule has 0 spiro atoms. The van der Waals surface area contributed by atoms with E-state index in [1.165, 1.54) is 13.8 Å². The topological polar surface area (TPSA) is 369 Å². The van der Waals surface area contributed by atoms with Gasteiger partial charge in [-0.1, -0.05) is 18.2 Å². The van der Waals surface area contributed by atoms with Crippen molar-refractivity contribution in [1.82, 2.24) is 42.2 Å². The van der Waals surface area contributed by atoms with Crippen molar-refractivity contribution in [3.63, 3.8) is 0 Å². The van der Waals surface area contributed by atoms with Gasteiger partial charge in [-0.25, -0.2) is 4.79 Å². The third-order valence-electron chi connectivity index (χ3n) is 8.26. The lowest BCUT2D eigenvalue weighted by molar-refractivity contribution is -0.142. The molecule has 22 nitrogen and oxygen atoms in total. The fourth-order valence-corrected chi connectivity index (χ4v) is 5.25. The number of para-hydroxylation sites is 1. The maximum absolute atomic E-state index is 13.2. The maximum Gasteiger partial charge on any atom is 0.326 e. The Kier molecular flexibility index (Phi) is 18.9. The minimum atomic E-state index is -1.43. The molecule has 57 heavy (non-hydrogen) atoms. The van der Waals surface area contributed by atoms with Gasteiger partial charge >= 0.3 is 5.97 Å². The van der Waals surface area contributed by atoms with Gasteiger partial charge in [-0.05, 0) is 38.3 Å². The summed E-state index contributed by atoms with van der Waals surface area (Å²) in [5, 5.41) is 26.8. The number of carboxylic acids is 1. The first-order valence-electron chi connectivity index (χ1n) is 17.6. The van der Waals surface area contributed by atoms with Crippen LogP contribution in [0.3, 0.4) is 0 Å². The van der Waals surface area contributed by atoms with Crippen LogP contribution in [0.5, 0.6) is 0 Å². The molecule has 9 amide bonds. The lowest BCUT2D eigenvalue weighted by atomic mass is 10.0. The average Bonchev–Trinajstić information content (AvgIpc) is 3.57. The monoisotopic (exact) mass is 819 g/mol. The first kappa shape index (κ1) is 46.9. The van der Waals surface area contributed by atoms with Crippen molar-refractivity contribution in [1.29, 1.82) is 0 Å². The van der Waals surface area contributed by atoms with E-state index in [1.807, 2.05) is 0 Å². The van der Waals surface area contributed by atoms with Gasteiger partial charge in [-0.15, -0.1) is 0 Å². The van der Waals surface area contributed by atoms with E-state index in [1.54, 1.807) is 30.5 Å². The van der Waals surface area contributed by atoms with Gasteiger partial charge in [0.25, 0.3) is 0 Å². The molecule has 15 N–H and O–H groups in total. The van der Waals surface area contributed by atoms with Crippen LogP contribution in [0.15, 0.2) is 30.5 Å². The van der Waals surface area contributed by atoms with E-state index in [9.17, 15) is 53.1 Å². The van der Waals surface area contributed by atoms with Crippen LogP contribution in [-0.4, -0.2) is 124 Å². The Morgan fingerprint density at radius 2 is 1.16 bits per heavy atom. The highest BCUT2D eigenvalue weighted by atomic mass is 32.1. The van der Waals surface area contributed by atoms with E-state index in [0.29, 0.717) is 5.56 Å². The number of nitrogens with one attached hydrogen (secondary N) is 8. The van der Waals surface area contributed by atoms with Gasteiger partial charge in [0.15, 0.2) is 0 Å². The summed E-state index contributed by atoms with van der Waals surface area (Å²) < 4.78 is 0. The number of nitrogens with two attached hydrogens (primary N) is 3. The first-order chi connectivity index (χ1) is 26.8. The standard InChI is InChI=1S/C34H49N11O11S/c1-16(41-31(52)20(35)15-57)29(50)39-13-27(48)43-22(7-9-25(36)46)32(53)42-17(2)30(51)40-14-28(49)44-23(8-10-26(37)47)33(54)45-24(34(55)56)11-18-12-38-21-6-4-3-5-19(18)21/h3-6,12,16-17,20,22-24,38,57H,7-11,13-15,35H2,1-2H3,(H2,36,46)(H2,37,47)(H,39,50)(H,40,51)(H,41,52)(H,42,53)(H,43,48)(H,44,49)(H,45,54)(H,55,56)/t16-,17-,20-,22-,23-,24-/m0/s1. The van der Waals surface area contributed by atoms with Crippen LogP contribution in [-0.2, 0) is 54.4 Å². The molecule has 1 heterocycles. The Morgan fingerprint density at radius 3 is 1.63 bits per heavy atom. The fraction of sp³-hybridized carbons (Fsp3) is 0.471. The number of carboxylic acid groups (broad SMARTS) is 1. The first-order valence-corrected chi connectivity index (χ1v) is 18.2. The third-order valence-corrected chi connectivity index (χ3v) is 8.65. The smallest absolute Gasteiger partial charge is 0.326 e. The van der Waals surface area contributed by atoms with Crippen molar-refractivity contribution in [3.8, 4) is 0 Å². The van der Waals surface area contributed by atoms with Gasteiger partial charge in [-0.3, -0.25) is 43.2 Å². The van der Waals surface area contributed by atoms with Crippen LogP contribution in [0.2, 0.25) is 0 Å². The highest BCUT2D eigenvalue weighted by molar-refractivity contribution is 7.80. The minimum absolute atomic E-state index is 0.0274. The van der Waals surface area contributed by atoms with Gasteiger partial charge in [0.2, 0.25) is 53.2 Å². The third kappa shape index (κ3) is 16.2. The average molecular weight is 820 g/mol. The SMILES string of the molecule is C[C@H](NC(=O)[C@H](CCC(N)=O)NC(=O)CNC(=O)[C@H](C)NC(=O)[C@@H](N)CS)C(=O)NCC(=O)N[C@@H](CCC(N)=O)C(=O)N[C@@H](Cc1c[nH]c2ccccc12)C(=O)O. The zero-order valence-corrected chi connectivity index (χ0v) is 32.1. The summed E-state index contributed by atoms with van der Waals surface area (Å²) in [6.45, 7) is 1.23. The molecule has 2 aromatic rings. The zero-order chi connectivity index (χ0) is 42.8. The summed E-state index contributed by atoms with van der Waals surface area (Å²) in [5.41, 5.74) is 17.3. The van der Waals surface area contributed by atoms with Crippen LogP contribution in [0.1, 0.15) is 45.1 Å². The number of hydrogen-bond donors (Lipinski definition) is 13. The quantitative estimate of drug-likeness (QED) is 0.0445. The number of aliphatic carboxylic acids is 1. The molecule has 2 rings (SSSR count). The molecule has 0 saturated carbocycles. The summed E-state index contributed by atoms with van der Waals surface area (Å²) in [6.07, 6.45) is 0.220. The predicted molar refractivity (Wildman–Crippen MR) is 205 cm³/mol. The molecule has 1 aromatic carbocycles. The van der Waals surface area contributed by atoms with Crippen LogP contribution in [0.4, 0.5) is 0 Å². The summed E-state index contributed by atoms with van der Waals surface area (Å²) >= 11 is 3.91. The van der Waals surface area contributed by atoms with Crippen molar-refractivity contribution in [2.24, 2.45) is 17.2 Å². The predicted octanol–water partition coefficient (Wildman–Crippen LogP) is -4.72. The molecule has 23 heteroatoms. The Labute approximate surface area is 331 Å². The number of thiol groups is 1. The molecule has 0 bridgehead atoms. The van der Waals surface area contributed by atoms with E-state index < -0.39 is 108 Å². The number of benzene rings is 1. The minimum Gasteiger partial charge on any atom is -0.480 e. The van der Waals surface area contributed by atoms with Gasteiger partial charge in [0, 0.05) is 42.1 Å². The molecular weight excluding hydrogens is 771 g/mol. The molecule has 0 saturated heterocycles. The maximum atomic E-state index is 13.2. The van der Waals surface area contributed by atoms with Crippen LogP contribution in [0.25, 0.3) is 10.9 Å². The van der Waals surface area contributed by atoms with Crippen molar-refractivity contribution >= 4 is 82.7 Å². The Balaban J connectivity index is 1.98. The lowest BCUT2D eigenvalue weighted by Crippen LogP contribution is -2.56. The molecule has 0 radical (unpaired) electrons. The molecule has 0 unspecified atom stereocenters. The highest BCUT2D eigenvalue weighted by Crippen LogP contribution is 2.19. The Morgan fingerprint density at radius 1 is 0.684 bits per heavy atom.